The van der Waals surface area contributed by atoms with Crippen molar-refractivity contribution in [3.63, 3.8) is 0 Å². The normalized spacial score (nSPS) is 29.5. The molecule has 12 heavy (non-hydrogen) atoms. The monoisotopic (exact) mass is 166 g/mol. The molecule has 4 heteroatoms. The van der Waals surface area contributed by atoms with Crippen LogP contribution in [0.3, 0.4) is 0 Å². The van der Waals surface area contributed by atoms with Crippen LogP contribution in [-0.2, 0) is 0 Å². The Labute approximate surface area is 71.6 Å². The smallest absolute Gasteiger partial charge is 0.153 e. The van der Waals surface area contributed by atoms with Gasteiger partial charge in [-0.05, 0) is 26.2 Å². The molecule has 0 amide bonds. The fraction of sp³-hybridized carbons (Fsp3) is 0.750. The SMILES string of the molecule is Cc1nc([C@@H]2CC[C@H](N)C2)n[nH]1. The van der Waals surface area contributed by atoms with Crippen molar-refractivity contribution in [2.24, 2.45) is 5.73 Å². The largest absolute Gasteiger partial charge is 0.328 e. The van der Waals surface area contributed by atoms with Crippen molar-refractivity contribution >= 4 is 0 Å². The number of H-pyrrole nitrogens is 1. The minimum atomic E-state index is 0.355. The first-order chi connectivity index (χ1) is 5.75. The van der Waals surface area contributed by atoms with Gasteiger partial charge in [-0.2, -0.15) is 5.10 Å². The summed E-state index contributed by atoms with van der Waals surface area (Å²) >= 11 is 0. The lowest BCUT2D eigenvalue weighted by Crippen LogP contribution is -2.14. The summed E-state index contributed by atoms with van der Waals surface area (Å²) < 4.78 is 0. The molecule has 1 aromatic rings. The Bertz CT molecular complexity index is 268. The van der Waals surface area contributed by atoms with E-state index in [1.807, 2.05) is 6.92 Å². The van der Waals surface area contributed by atoms with Crippen LogP contribution in [0.4, 0.5) is 0 Å². The molecule has 1 aliphatic rings. The maximum absolute atomic E-state index is 5.80. The van der Waals surface area contributed by atoms with Crippen molar-refractivity contribution in [1.29, 1.82) is 0 Å². The summed E-state index contributed by atoms with van der Waals surface area (Å²) in [6.07, 6.45) is 3.29. The van der Waals surface area contributed by atoms with Gasteiger partial charge in [-0.25, -0.2) is 4.98 Å². The number of aromatic amines is 1. The first-order valence-corrected chi connectivity index (χ1v) is 4.40. The van der Waals surface area contributed by atoms with Gasteiger partial charge in [0.2, 0.25) is 0 Å². The van der Waals surface area contributed by atoms with Gasteiger partial charge in [0.05, 0.1) is 0 Å². The van der Waals surface area contributed by atoms with Crippen LogP contribution < -0.4 is 5.73 Å². The first kappa shape index (κ1) is 7.73. The van der Waals surface area contributed by atoms with Crippen LogP contribution in [0.25, 0.3) is 0 Å². The Morgan fingerprint density at radius 1 is 1.50 bits per heavy atom. The molecule has 2 atom stereocenters. The molecule has 0 aliphatic heterocycles. The molecule has 0 aromatic carbocycles. The third-order valence-corrected chi connectivity index (χ3v) is 2.45. The van der Waals surface area contributed by atoms with Gasteiger partial charge in [-0.3, -0.25) is 5.10 Å². The molecular weight excluding hydrogens is 152 g/mol. The van der Waals surface area contributed by atoms with E-state index in [9.17, 15) is 0 Å². The maximum atomic E-state index is 5.80. The molecule has 0 spiro atoms. The fourth-order valence-corrected chi connectivity index (χ4v) is 1.79. The van der Waals surface area contributed by atoms with Crippen LogP contribution in [-0.4, -0.2) is 21.2 Å². The molecule has 2 rings (SSSR count). The van der Waals surface area contributed by atoms with E-state index in [-0.39, 0.29) is 0 Å². The van der Waals surface area contributed by atoms with E-state index in [4.69, 9.17) is 5.73 Å². The highest BCUT2D eigenvalue weighted by molar-refractivity contribution is 5.01. The molecule has 66 valence electrons. The van der Waals surface area contributed by atoms with E-state index in [0.29, 0.717) is 12.0 Å². The van der Waals surface area contributed by atoms with Gasteiger partial charge >= 0.3 is 0 Å². The zero-order valence-corrected chi connectivity index (χ0v) is 7.25. The minimum absolute atomic E-state index is 0.355. The van der Waals surface area contributed by atoms with Crippen LogP contribution in [0.2, 0.25) is 0 Å². The Morgan fingerprint density at radius 3 is 2.83 bits per heavy atom. The molecular formula is C8H14N4. The average molecular weight is 166 g/mol. The zero-order chi connectivity index (χ0) is 8.55. The number of aromatic nitrogens is 3. The molecule has 1 saturated carbocycles. The Balaban J connectivity index is 2.11. The highest BCUT2D eigenvalue weighted by atomic mass is 15.2. The van der Waals surface area contributed by atoms with Crippen molar-refractivity contribution in [2.45, 2.75) is 38.1 Å². The molecule has 3 N–H and O–H groups in total. The lowest BCUT2D eigenvalue weighted by molar-refractivity contribution is 0.645. The van der Waals surface area contributed by atoms with Gasteiger partial charge < -0.3 is 5.73 Å². The number of nitrogens with zero attached hydrogens (tertiary/aromatic N) is 2. The number of nitrogens with two attached hydrogens (primary N) is 1. The first-order valence-electron chi connectivity index (χ1n) is 4.40. The molecule has 0 saturated heterocycles. The average Bonchev–Trinajstić information content (AvgIpc) is 2.58. The van der Waals surface area contributed by atoms with Crippen LogP contribution in [0.1, 0.15) is 36.8 Å². The summed E-state index contributed by atoms with van der Waals surface area (Å²) in [5.74, 6) is 2.33. The lowest BCUT2D eigenvalue weighted by Gasteiger charge is -2.02. The van der Waals surface area contributed by atoms with Crippen molar-refractivity contribution in [3.05, 3.63) is 11.6 Å². The topological polar surface area (TPSA) is 67.6 Å². The van der Waals surface area contributed by atoms with E-state index < -0.39 is 0 Å². The molecule has 1 fully saturated rings. The third-order valence-electron chi connectivity index (χ3n) is 2.45. The zero-order valence-electron chi connectivity index (χ0n) is 7.25. The quantitative estimate of drug-likeness (QED) is 0.645. The van der Waals surface area contributed by atoms with E-state index in [1.165, 1.54) is 0 Å². The van der Waals surface area contributed by atoms with Gasteiger partial charge in [0.15, 0.2) is 5.82 Å². The second-order valence-corrected chi connectivity index (χ2v) is 3.55. The van der Waals surface area contributed by atoms with Crippen LogP contribution >= 0.6 is 0 Å². The number of aryl methyl sites for hydroxylation is 1. The fourth-order valence-electron chi connectivity index (χ4n) is 1.79. The summed E-state index contributed by atoms with van der Waals surface area (Å²) in [6, 6.07) is 0.355. The number of nitrogens with one attached hydrogen (secondary N) is 1. The second-order valence-electron chi connectivity index (χ2n) is 3.55. The predicted octanol–water partition coefficient (Wildman–Crippen LogP) is 0.708. The molecule has 4 nitrogen and oxygen atoms in total. The van der Waals surface area contributed by atoms with Crippen molar-refractivity contribution in [1.82, 2.24) is 15.2 Å². The molecule has 0 unspecified atom stereocenters. The number of hydrogen-bond acceptors (Lipinski definition) is 3. The Morgan fingerprint density at radius 2 is 2.33 bits per heavy atom. The van der Waals surface area contributed by atoms with Crippen molar-refractivity contribution < 1.29 is 0 Å². The van der Waals surface area contributed by atoms with Gasteiger partial charge in [0.25, 0.3) is 0 Å². The van der Waals surface area contributed by atoms with Gasteiger partial charge in [-0.1, -0.05) is 0 Å². The molecule has 1 aromatic heterocycles. The van der Waals surface area contributed by atoms with Gasteiger partial charge in [0.1, 0.15) is 5.82 Å². The van der Waals surface area contributed by atoms with E-state index in [0.717, 1.165) is 30.9 Å². The van der Waals surface area contributed by atoms with E-state index in [1.54, 1.807) is 0 Å². The Kier molecular flexibility index (Phi) is 1.84. The predicted molar refractivity (Wildman–Crippen MR) is 45.7 cm³/mol. The van der Waals surface area contributed by atoms with Crippen molar-refractivity contribution in [2.75, 3.05) is 0 Å². The summed E-state index contributed by atoms with van der Waals surface area (Å²) in [6.45, 7) is 1.92. The summed E-state index contributed by atoms with van der Waals surface area (Å²) in [4.78, 5) is 4.30. The van der Waals surface area contributed by atoms with Crippen LogP contribution in [0, 0.1) is 6.92 Å². The van der Waals surface area contributed by atoms with Gasteiger partial charge in [-0.15, -0.1) is 0 Å². The Hall–Kier alpha value is -0.900. The van der Waals surface area contributed by atoms with Crippen LogP contribution in [0.15, 0.2) is 0 Å². The number of hydrogen-bond donors (Lipinski definition) is 2. The summed E-state index contributed by atoms with van der Waals surface area (Å²) in [5.41, 5.74) is 5.80. The van der Waals surface area contributed by atoms with E-state index in [2.05, 4.69) is 15.2 Å². The molecule has 0 radical (unpaired) electrons. The van der Waals surface area contributed by atoms with Gasteiger partial charge in [0, 0.05) is 12.0 Å². The standard InChI is InChI=1S/C8H14N4/c1-5-10-8(12-11-5)6-2-3-7(9)4-6/h6-7H,2-4,9H2,1H3,(H,10,11,12)/t6-,7+/m1/s1. The molecule has 0 bridgehead atoms. The lowest BCUT2D eigenvalue weighted by atomic mass is 10.1. The minimum Gasteiger partial charge on any atom is -0.328 e. The molecule has 1 heterocycles. The molecule has 1 aliphatic carbocycles. The highest BCUT2D eigenvalue weighted by Crippen LogP contribution is 2.31. The highest BCUT2D eigenvalue weighted by Gasteiger charge is 2.25. The third kappa shape index (κ3) is 1.34. The van der Waals surface area contributed by atoms with E-state index >= 15 is 0 Å². The van der Waals surface area contributed by atoms with Crippen molar-refractivity contribution in [3.8, 4) is 0 Å². The second kappa shape index (κ2) is 2.86. The summed E-state index contributed by atoms with van der Waals surface area (Å²) in [5, 5.41) is 7.00. The number of rotatable bonds is 1. The maximum Gasteiger partial charge on any atom is 0.153 e. The van der Waals surface area contributed by atoms with Crippen LogP contribution in [0.5, 0.6) is 0 Å². The summed E-state index contributed by atoms with van der Waals surface area (Å²) in [7, 11) is 0.